The molecule has 0 aliphatic carbocycles. The lowest BCUT2D eigenvalue weighted by atomic mass is 9.90. The van der Waals surface area contributed by atoms with Gasteiger partial charge in [-0.15, -0.1) is 0 Å². The van der Waals surface area contributed by atoms with Crippen LogP contribution < -0.4 is 5.73 Å². The van der Waals surface area contributed by atoms with E-state index in [2.05, 4.69) is 4.74 Å². The van der Waals surface area contributed by atoms with Gasteiger partial charge in [-0.2, -0.15) is 0 Å². The number of esters is 1. The van der Waals surface area contributed by atoms with Gasteiger partial charge in [-0.25, -0.2) is 0 Å². The Balaban J connectivity index is 1.83. The smallest absolute Gasteiger partial charge is 0.322 e. The Bertz CT molecular complexity index is 482. The molecule has 0 bridgehead atoms. The summed E-state index contributed by atoms with van der Waals surface area (Å²) in [7, 11) is 1.35. The van der Waals surface area contributed by atoms with Crippen LogP contribution in [-0.2, 0) is 9.53 Å². The molecule has 0 saturated carbocycles. The van der Waals surface area contributed by atoms with E-state index in [1.807, 2.05) is 35.2 Å². The molecule has 1 aliphatic rings. The standard InChI is InChI=1S/C16H22N2O3/c1-21-16(20)14(17)11-12-7-9-18(10-8-12)15(19)13-5-3-2-4-6-13/h2-6,12,14H,7-11,17H2,1H3. The minimum absolute atomic E-state index is 0.0753. The third-order valence-corrected chi connectivity index (χ3v) is 4.01. The minimum Gasteiger partial charge on any atom is -0.468 e. The first kappa shape index (κ1) is 15.5. The van der Waals surface area contributed by atoms with Gasteiger partial charge >= 0.3 is 5.97 Å². The molecule has 5 heteroatoms. The van der Waals surface area contributed by atoms with Crippen LogP contribution in [0.5, 0.6) is 0 Å². The summed E-state index contributed by atoms with van der Waals surface area (Å²) in [5.74, 6) is 0.0861. The van der Waals surface area contributed by atoms with Gasteiger partial charge in [0, 0.05) is 18.7 Å². The molecule has 1 fully saturated rings. The maximum absolute atomic E-state index is 12.3. The number of hydrogen-bond donors (Lipinski definition) is 1. The molecule has 1 heterocycles. The molecule has 21 heavy (non-hydrogen) atoms. The second-order valence-electron chi connectivity index (χ2n) is 5.47. The van der Waals surface area contributed by atoms with Crippen LogP contribution in [-0.4, -0.2) is 43.0 Å². The summed E-state index contributed by atoms with van der Waals surface area (Å²) in [5.41, 5.74) is 6.51. The number of methoxy groups -OCH3 is 1. The zero-order valence-electron chi connectivity index (χ0n) is 12.3. The van der Waals surface area contributed by atoms with Crippen molar-refractivity contribution >= 4 is 11.9 Å². The number of nitrogens with two attached hydrogens (primary N) is 1. The fraction of sp³-hybridized carbons (Fsp3) is 0.500. The highest BCUT2D eigenvalue weighted by molar-refractivity contribution is 5.94. The summed E-state index contributed by atoms with van der Waals surface area (Å²) in [6.45, 7) is 1.43. The molecule has 5 nitrogen and oxygen atoms in total. The third-order valence-electron chi connectivity index (χ3n) is 4.01. The van der Waals surface area contributed by atoms with E-state index in [0.29, 0.717) is 25.4 Å². The quantitative estimate of drug-likeness (QED) is 0.851. The Labute approximate surface area is 125 Å². The SMILES string of the molecule is COC(=O)C(N)CC1CCN(C(=O)c2ccccc2)CC1. The molecule has 0 spiro atoms. The number of benzene rings is 1. The maximum Gasteiger partial charge on any atom is 0.322 e. The number of amides is 1. The lowest BCUT2D eigenvalue weighted by Crippen LogP contribution is -2.41. The van der Waals surface area contributed by atoms with Gasteiger partial charge in [0.2, 0.25) is 0 Å². The zero-order valence-corrected chi connectivity index (χ0v) is 12.3. The van der Waals surface area contributed by atoms with Crippen LogP contribution in [0.4, 0.5) is 0 Å². The summed E-state index contributed by atoms with van der Waals surface area (Å²) in [6, 6.07) is 8.75. The van der Waals surface area contributed by atoms with Crippen molar-refractivity contribution in [1.82, 2.24) is 4.90 Å². The van der Waals surface area contributed by atoms with Crippen molar-refractivity contribution in [3.63, 3.8) is 0 Å². The Morgan fingerprint density at radius 1 is 1.29 bits per heavy atom. The van der Waals surface area contributed by atoms with Crippen molar-refractivity contribution in [2.24, 2.45) is 11.7 Å². The molecule has 1 atom stereocenters. The van der Waals surface area contributed by atoms with Crippen molar-refractivity contribution < 1.29 is 14.3 Å². The van der Waals surface area contributed by atoms with Crippen LogP contribution >= 0.6 is 0 Å². The Morgan fingerprint density at radius 2 is 1.90 bits per heavy atom. The number of hydrogen-bond acceptors (Lipinski definition) is 4. The first-order valence-electron chi connectivity index (χ1n) is 7.29. The predicted octanol–water partition coefficient (Wildman–Crippen LogP) is 1.43. The summed E-state index contributed by atoms with van der Waals surface area (Å²) in [6.07, 6.45) is 2.38. The van der Waals surface area contributed by atoms with E-state index in [4.69, 9.17) is 5.73 Å². The van der Waals surface area contributed by atoms with Gasteiger partial charge in [-0.3, -0.25) is 9.59 Å². The van der Waals surface area contributed by atoms with E-state index in [1.165, 1.54) is 7.11 Å². The maximum atomic E-state index is 12.3. The highest BCUT2D eigenvalue weighted by Crippen LogP contribution is 2.23. The number of likely N-dealkylation sites (tertiary alicyclic amines) is 1. The van der Waals surface area contributed by atoms with Crippen molar-refractivity contribution in [2.75, 3.05) is 20.2 Å². The van der Waals surface area contributed by atoms with Crippen LogP contribution in [0.2, 0.25) is 0 Å². The summed E-state index contributed by atoms with van der Waals surface area (Å²) in [5, 5.41) is 0. The van der Waals surface area contributed by atoms with E-state index >= 15 is 0 Å². The molecule has 1 amide bonds. The number of piperidine rings is 1. The van der Waals surface area contributed by atoms with E-state index < -0.39 is 6.04 Å². The van der Waals surface area contributed by atoms with Crippen LogP contribution in [0.15, 0.2) is 30.3 Å². The van der Waals surface area contributed by atoms with Gasteiger partial charge in [0.25, 0.3) is 5.91 Å². The topological polar surface area (TPSA) is 72.6 Å². The van der Waals surface area contributed by atoms with Crippen LogP contribution in [0.3, 0.4) is 0 Å². The first-order valence-corrected chi connectivity index (χ1v) is 7.29. The Morgan fingerprint density at radius 3 is 2.48 bits per heavy atom. The lowest BCUT2D eigenvalue weighted by molar-refractivity contribution is -0.142. The third kappa shape index (κ3) is 4.04. The van der Waals surface area contributed by atoms with Crippen molar-refractivity contribution in [1.29, 1.82) is 0 Å². The second-order valence-corrected chi connectivity index (χ2v) is 5.47. The van der Waals surface area contributed by atoms with Gasteiger partial charge in [-0.1, -0.05) is 18.2 Å². The molecule has 1 aromatic carbocycles. The zero-order chi connectivity index (χ0) is 15.2. The number of nitrogens with zero attached hydrogens (tertiary/aromatic N) is 1. The van der Waals surface area contributed by atoms with Crippen molar-refractivity contribution in [2.45, 2.75) is 25.3 Å². The normalized spacial score (nSPS) is 17.3. The van der Waals surface area contributed by atoms with E-state index in [1.54, 1.807) is 0 Å². The van der Waals surface area contributed by atoms with Gasteiger partial charge < -0.3 is 15.4 Å². The highest BCUT2D eigenvalue weighted by Gasteiger charge is 2.26. The van der Waals surface area contributed by atoms with Gasteiger partial charge in [0.05, 0.1) is 7.11 Å². The van der Waals surface area contributed by atoms with Crippen molar-refractivity contribution in [3.8, 4) is 0 Å². The molecule has 1 aromatic rings. The van der Waals surface area contributed by atoms with E-state index in [9.17, 15) is 9.59 Å². The fourth-order valence-electron chi connectivity index (χ4n) is 2.74. The number of carbonyl (C=O) groups excluding carboxylic acids is 2. The second kappa shape index (κ2) is 7.22. The molecule has 2 rings (SSSR count). The molecular weight excluding hydrogens is 268 g/mol. The first-order chi connectivity index (χ1) is 10.1. The Kier molecular flexibility index (Phi) is 5.33. The molecule has 1 aliphatic heterocycles. The summed E-state index contributed by atoms with van der Waals surface area (Å²) < 4.78 is 4.64. The lowest BCUT2D eigenvalue weighted by Gasteiger charge is -2.32. The van der Waals surface area contributed by atoms with E-state index in [0.717, 1.165) is 18.4 Å². The largest absolute Gasteiger partial charge is 0.468 e. The average Bonchev–Trinajstić information content (AvgIpc) is 2.55. The minimum atomic E-state index is -0.559. The Hall–Kier alpha value is -1.88. The molecule has 114 valence electrons. The fourth-order valence-corrected chi connectivity index (χ4v) is 2.74. The van der Waals surface area contributed by atoms with Gasteiger partial charge in [0.15, 0.2) is 0 Å². The molecule has 0 radical (unpaired) electrons. The predicted molar refractivity (Wildman–Crippen MR) is 79.7 cm³/mol. The number of carbonyl (C=O) groups is 2. The number of ether oxygens (including phenoxy) is 1. The van der Waals surface area contributed by atoms with Gasteiger partial charge in [0.1, 0.15) is 6.04 Å². The molecule has 0 aromatic heterocycles. The average molecular weight is 290 g/mol. The molecule has 2 N–H and O–H groups in total. The number of rotatable bonds is 4. The highest BCUT2D eigenvalue weighted by atomic mass is 16.5. The monoisotopic (exact) mass is 290 g/mol. The molecule has 1 saturated heterocycles. The van der Waals surface area contributed by atoms with Crippen LogP contribution in [0.25, 0.3) is 0 Å². The molecule has 1 unspecified atom stereocenters. The summed E-state index contributed by atoms with van der Waals surface area (Å²) >= 11 is 0. The van der Waals surface area contributed by atoms with Crippen molar-refractivity contribution in [3.05, 3.63) is 35.9 Å². The van der Waals surface area contributed by atoms with Crippen LogP contribution in [0.1, 0.15) is 29.6 Å². The summed E-state index contributed by atoms with van der Waals surface area (Å²) in [4.78, 5) is 25.5. The van der Waals surface area contributed by atoms with Gasteiger partial charge in [-0.05, 0) is 37.3 Å². The van der Waals surface area contributed by atoms with Crippen LogP contribution in [0, 0.1) is 5.92 Å². The molecular formula is C16H22N2O3. The van der Waals surface area contributed by atoms with E-state index in [-0.39, 0.29) is 11.9 Å².